The first-order valence-corrected chi connectivity index (χ1v) is 7.76. The summed E-state index contributed by atoms with van der Waals surface area (Å²) in [7, 11) is 0. The first kappa shape index (κ1) is 15.8. The van der Waals surface area contributed by atoms with Crippen LogP contribution in [-0.4, -0.2) is 34.5 Å². The number of halogens is 1. The molecule has 0 bridgehead atoms. The van der Waals surface area contributed by atoms with E-state index in [9.17, 15) is 14.7 Å². The van der Waals surface area contributed by atoms with E-state index in [1.165, 1.54) is 11.0 Å². The van der Waals surface area contributed by atoms with Crippen molar-refractivity contribution < 1.29 is 14.7 Å². The Balaban J connectivity index is 2.15. The topological polar surface area (TPSA) is 57.6 Å². The zero-order chi connectivity index (χ0) is 15.4. The molecule has 21 heavy (non-hydrogen) atoms. The normalized spacial score (nSPS) is 22.5. The second-order valence-electron chi connectivity index (χ2n) is 5.29. The van der Waals surface area contributed by atoms with Crippen LogP contribution in [0.15, 0.2) is 34.8 Å². The van der Waals surface area contributed by atoms with Crippen LogP contribution >= 0.6 is 15.9 Å². The summed E-state index contributed by atoms with van der Waals surface area (Å²) in [5.41, 5.74) is 0.891. The third-order valence-corrected chi connectivity index (χ3v) is 4.50. The van der Waals surface area contributed by atoms with Gasteiger partial charge in [-0.25, -0.2) is 4.79 Å². The van der Waals surface area contributed by atoms with Gasteiger partial charge < -0.3 is 10.0 Å². The highest BCUT2D eigenvalue weighted by Gasteiger charge is 2.36. The molecule has 2 atom stereocenters. The number of hydrogen-bond donors (Lipinski definition) is 1. The largest absolute Gasteiger partial charge is 0.480 e. The molecular weight excluding hydrogens is 334 g/mol. The number of carboxylic acid groups (broad SMARTS) is 1. The molecule has 1 N–H and O–H groups in total. The van der Waals surface area contributed by atoms with Crippen molar-refractivity contribution in [1.82, 2.24) is 4.90 Å². The van der Waals surface area contributed by atoms with Crippen LogP contribution in [0.1, 0.15) is 25.3 Å². The standard InChI is InChI=1S/C16H18BrNO3/c1-11-5-4-10-18(15(11)16(20)21)14(19)9-8-12-6-2-3-7-13(12)17/h2-3,6-9,11,15H,4-5,10H2,1H3,(H,20,21)/b9-8+. The van der Waals surface area contributed by atoms with Gasteiger partial charge in [0.1, 0.15) is 6.04 Å². The van der Waals surface area contributed by atoms with Gasteiger partial charge in [-0.3, -0.25) is 4.79 Å². The summed E-state index contributed by atoms with van der Waals surface area (Å²) in [4.78, 5) is 25.1. The van der Waals surface area contributed by atoms with E-state index in [1.54, 1.807) is 6.08 Å². The molecule has 2 unspecified atom stereocenters. The molecule has 1 heterocycles. The van der Waals surface area contributed by atoms with E-state index in [2.05, 4.69) is 15.9 Å². The SMILES string of the molecule is CC1CCCN(C(=O)/C=C/c2ccccc2Br)C1C(=O)O. The predicted molar refractivity (Wildman–Crippen MR) is 84.7 cm³/mol. The summed E-state index contributed by atoms with van der Waals surface area (Å²) in [5, 5.41) is 9.33. The van der Waals surface area contributed by atoms with E-state index in [4.69, 9.17) is 0 Å². The number of piperidine rings is 1. The van der Waals surface area contributed by atoms with E-state index in [0.717, 1.165) is 22.9 Å². The van der Waals surface area contributed by atoms with Crippen molar-refractivity contribution in [3.05, 3.63) is 40.4 Å². The van der Waals surface area contributed by atoms with Gasteiger partial charge in [-0.05, 0) is 36.5 Å². The minimum Gasteiger partial charge on any atom is -0.480 e. The number of carbonyl (C=O) groups is 2. The quantitative estimate of drug-likeness (QED) is 0.850. The van der Waals surface area contributed by atoms with Gasteiger partial charge in [-0.2, -0.15) is 0 Å². The molecule has 1 aromatic rings. The number of carbonyl (C=O) groups excluding carboxylic acids is 1. The maximum Gasteiger partial charge on any atom is 0.326 e. The summed E-state index contributed by atoms with van der Waals surface area (Å²) < 4.78 is 0.899. The molecule has 1 aliphatic rings. The lowest BCUT2D eigenvalue weighted by atomic mass is 9.90. The Labute approximate surface area is 132 Å². The van der Waals surface area contributed by atoms with Crippen LogP contribution < -0.4 is 0 Å². The van der Waals surface area contributed by atoms with Gasteiger partial charge in [0.15, 0.2) is 0 Å². The average Bonchev–Trinajstić information content (AvgIpc) is 2.45. The number of hydrogen-bond acceptors (Lipinski definition) is 2. The number of nitrogens with zero attached hydrogens (tertiary/aromatic N) is 1. The van der Waals surface area contributed by atoms with Crippen molar-refractivity contribution in [1.29, 1.82) is 0 Å². The van der Waals surface area contributed by atoms with E-state index in [-0.39, 0.29) is 11.8 Å². The molecule has 112 valence electrons. The summed E-state index contributed by atoms with van der Waals surface area (Å²) in [5.74, 6) is -1.19. The van der Waals surface area contributed by atoms with Crippen molar-refractivity contribution >= 4 is 33.9 Å². The lowest BCUT2D eigenvalue weighted by Gasteiger charge is -2.36. The second kappa shape index (κ2) is 6.89. The second-order valence-corrected chi connectivity index (χ2v) is 6.14. The Kier molecular flexibility index (Phi) is 5.17. The van der Waals surface area contributed by atoms with Crippen LogP contribution in [0.5, 0.6) is 0 Å². The molecule has 1 fully saturated rings. The maximum atomic E-state index is 12.3. The molecule has 1 amide bonds. The molecule has 1 aromatic carbocycles. The molecule has 0 saturated carbocycles. The highest BCUT2D eigenvalue weighted by Crippen LogP contribution is 2.24. The molecule has 0 radical (unpaired) electrons. The van der Waals surface area contributed by atoms with Crippen molar-refractivity contribution in [3.63, 3.8) is 0 Å². The Morgan fingerprint density at radius 1 is 1.38 bits per heavy atom. The zero-order valence-corrected chi connectivity index (χ0v) is 13.4. The summed E-state index contributed by atoms with van der Waals surface area (Å²) in [6.45, 7) is 2.39. The van der Waals surface area contributed by atoms with Gasteiger partial charge >= 0.3 is 5.97 Å². The number of amides is 1. The third kappa shape index (κ3) is 3.73. The van der Waals surface area contributed by atoms with Crippen molar-refractivity contribution in [2.24, 2.45) is 5.92 Å². The highest BCUT2D eigenvalue weighted by molar-refractivity contribution is 9.10. The smallest absolute Gasteiger partial charge is 0.326 e. The van der Waals surface area contributed by atoms with Crippen LogP contribution in [0.25, 0.3) is 6.08 Å². The first-order valence-electron chi connectivity index (χ1n) is 6.96. The van der Waals surface area contributed by atoms with Crippen LogP contribution in [0, 0.1) is 5.92 Å². The van der Waals surface area contributed by atoms with Gasteiger partial charge in [0.05, 0.1) is 0 Å². The number of carboxylic acids is 1. The van der Waals surface area contributed by atoms with E-state index in [1.807, 2.05) is 31.2 Å². The van der Waals surface area contributed by atoms with Crippen molar-refractivity contribution in [3.8, 4) is 0 Å². The Morgan fingerprint density at radius 3 is 2.76 bits per heavy atom. The Hall–Kier alpha value is -1.62. The monoisotopic (exact) mass is 351 g/mol. The highest BCUT2D eigenvalue weighted by atomic mass is 79.9. The summed E-state index contributed by atoms with van der Waals surface area (Å²) in [6.07, 6.45) is 4.85. The van der Waals surface area contributed by atoms with E-state index < -0.39 is 12.0 Å². The molecule has 4 nitrogen and oxygen atoms in total. The fourth-order valence-electron chi connectivity index (χ4n) is 2.68. The fraction of sp³-hybridized carbons (Fsp3) is 0.375. The molecule has 5 heteroatoms. The Bertz CT molecular complexity index is 570. The van der Waals surface area contributed by atoms with Crippen LogP contribution in [0.4, 0.5) is 0 Å². The summed E-state index contributed by atoms with van der Waals surface area (Å²) >= 11 is 3.42. The maximum absolute atomic E-state index is 12.3. The predicted octanol–water partition coefficient (Wildman–Crippen LogP) is 3.17. The van der Waals surface area contributed by atoms with Gasteiger partial charge in [0.25, 0.3) is 0 Å². The molecule has 2 rings (SSSR count). The minimum absolute atomic E-state index is 0.0166. The molecule has 0 spiro atoms. The molecule has 1 saturated heterocycles. The van der Waals surface area contributed by atoms with Crippen molar-refractivity contribution in [2.75, 3.05) is 6.54 Å². The van der Waals surface area contributed by atoms with Crippen molar-refractivity contribution in [2.45, 2.75) is 25.8 Å². The number of benzene rings is 1. The van der Waals surface area contributed by atoms with Crippen LogP contribution in [0.2, 0.25) is 0 Å². The fourth-order valence-corrected chi connectivity index (χ4v) is 3.10. The van der Waals surface area contributed by atoms with Gasteiger partial charge in [0, 0.05) is 17.1 Å². The first-order chi connectivity index (χ1) is 10.0. The number of aliphatic carboxylic acids is 1. The lowest BCUT2D eigenvalue weighted by Crippen LogP contribution is -2.51. The minimum atomic E-state index is -0.926. The molecule has 1 aliphatic heterocycles. The van der Waals surface area contributed by atoms with Gasteiger partial charge in [-0.15, -0.1) is 0 Å². The third-order valence-electron chi connectivity index (χ3n) is 3.78. The molecular formula is C16H18BrNO3. The average molecular weight is 352 g/mol. The van der Waals surface area contributed by atoms with Crippen LogP contribution in [-0.2, 0) is 9.59 Å². The lowest BCUT2D eigenvalue weighted by molar-refractivity contribution is -0.152. The molecule has 0 aromatic heterocycles. The zero-order valence-electron chi connectivity index (χ0n) is 11.8. The number of rotatable bonds is 3. The van der Waals surface area contributed by atoms with E-state index in [0.29, 0.717) is 6.54 Å². The van der Waals surface area contributed by atoms with Gasteiger partial charge in [-0.1, -0.05) is 41.1 Å². The Morgan fingerprint density at radius 2 is 2.10 bits per heavy atom. The summed E-state index contributed by atoms with van der Waals surface area (Å²) in [6, 6.07) is 6.85. The van der Waals surface area contributed by atoms with E-state index >= 15 is 0 Å². The molecule has 0 aliphatic carbocycles. The number of likely N-dealkylation sites (tertiary alicyclic amines) is 1. The van der Waals surface area contributed by atoms with Crippen LogP contribution in [0.3, 0.4) is 0 Å². The van der Waals surface area contributed by atoms with Gasteiger partial charge in [0.2, 0.25) is 5.91 Å².